The molecule has 1 aromatic carbocycles. The topological polar surface area (TPSA) is 93.2 Å². The van der Waals surface area contributed by atoms with Crippen LogP contribution in [0.3, 0.4) is 0 Å². The van der Waals surface area contributed by atoms with Crippen LogP contribution in [0, 0.1) is 6.92 Å². The molecule has 3 rings (SSSR count). The van der Waals surface area contributed by atoms with Crippen molar-refractivity contribution in [3.8, 4) is 5.69 Å². The fraction of sp³-hybridized carbons (Fsp3) is 0.312. The van der Waals surface area contributed by atoms with Gasteiger partial charge in [0.1, 0.15) is 0 Å². The molecule has 2 aromatic rings. The zero-order valence-electron chi connectivity index (χ0n) is 13.2. The first-order valence-electron chi connectivity index (χ1n) is 7.62. The quantitative estimate of drug-likeness (QED) is 0.885. The molecule has 1 fully saturated rings. The molecule has 1 aliphatic heterocycles. The molecule has 8 heteroatoms. The van der Waals surface area contributed by atoms with Crippen LogP contribution in [0.25, 0.3) is 5.69 Å². The van der Waals surface area contributed by atoms with Crippen molar-refractivity contribution in [3.63, 3.8) is 0 Å². The fourth-order valence-electron chi connectivity index (χ4n) is 2.79. The van der Waals surface area contributed by atoms with Crippen LogP contribution >= 0.6 is 11.6 Å². The van der Waals surface area contributed by atoms with Crippen molar-refractivity contribution in [1.82, 2.24) is 20.0 Å². The zero-order chi connectivity index (χ0) is 17.3. The van der Waals surface area contributed by atoms with Gasteiger partial charge < -0.3 is 16.0 Å². The van der Waals surface area contributed by atoms with Crippen molar-refractivity contribution in [3.05, 3.63) is 46.7 Å². The van der Waals surface area contributed by atoms with Crippen molar-refractivity contribution in [2.75, 3.05) is 13.1 Å². The van der Waals surface area contributed by atoms with Crippen LogP contribution in [0.15, 0.2) is 30.3 Å². The highest BCUT2D eigenvalue weighted by molar-refractivity contribution is 6.32. The van der Waals surface area contributed by atoms with E-state index in [-0.39, 0.29) is 11.9 Å². The molecule has 1 aliphatic rings. The van der Waals surface area contributed by atoms with Crippen LogP contribution in [0.5, 0.6) is 0 Å². The fourth-order valence-corrected chi connectivity index (χ4v) is 3.01. The molecule has 1 aromatic heterocycles. The Morgan fingerprint density at radius 3 is 2.79 bits per heavy atom. The van der Waals surface area contributed by atoms with E-state index in [9.17, 15) is 9.59 Å². The summed E-state index contributed by atoms with van der Waals surface area (Å²) in [6, 6.07) is 8.43. The zero-order valence-corrected chi connectivity index (χ0v) is 14.0. The number of benzene rings is 1. The third-order valence-corrected chi connectivity index (χ3v) is 4.36. The SMILES string of the molecule is Cc1cc(C(=O)N[C@@H]2CCN(C(N)=O)C2)nn1-c1ccccc1Cl. The number of halogens is 1. The van der Waals surface area contributed by atoms with E-state index < -0.39 is 6.03 Å². The normalized spacial score (nSPS) is 17.1. The van der Waals surface area contributed by atoms with Gasteiger partial charge in [0.2, 0.25) is 0 Å². The van der Waals surface area contributed by atoms with Gasteiger partial charge in [-0.1, -0.05) is 23.7 Å². The Morgan fingerprint density at radius 2 is 2.12 bits per heavy atom. The van der Waals surface area contributed by atoms with Gasteiger partial charge in [-0.2, -0.15) is 5.10 Å². The van der Waals surface area contributed by atoms with Crippen molar-refractivity contribution >= 4 is 23.5 Å². The molecule has 0 radical (unpaired) electrons. The first kappa shape index (κ1) is 16.3. The number of urea groups is 1. The van der Waals surface area contributed by atoms with Crippen molar-refractivity contribution in [2.24, 2.45) is 5.73 Å². The van der Waals surface area contributed by atoms with E-state index in [1.807, 2.05) is 25.1 Å². The molecule has 1 atom stereocenters. The average Bonchev–Trinajstić information content (AvgIpc) is 3.15. The molecule has 1 saturated heterocycles. The van der Waals surface area contributed by atoms with Gasteiger partial charge >= 0.3 is 6.03 Å². The van der Waals surface area contributed by atoms with Gasteiger partial charge in [-0.25, -0.2) is 9.48 Å². The Morgan fingerprint density at radius 1 is 1.38 bits per heavy atom. The van der Waals surface area contributed by atoms with E-state index in [0.29, 0.717) is 30.2 Å². The summed E-state index contributed by atoms with van der Waals surface area (Å²) in [5.41, 5.74) is 7.08. The maximum Gasteiger partial charge on any atom is 0.314 e. The molecule has 0 spiro atoms. The molecule has 24 heavy (non-hydrogen) atoms. The first-order chi connectivity index (χ1) is 11.5. The smallest absolute Gasteiger partial charge is 0.314 e. The molecule has 0 bridgehead atoms. The summed E-state index contributed by atoms with van der Waals surface area (Å²) in [6.07, 6.45) is 0.679. The van der Waals surface area contributed by atoms with E-state index in [1.165, 1.54) is 4.90 Å². The maximum atomic E-state index is 12.4. The van der Waals surface area contributed by atoms with Gasteiger partial charge in [-0.3, -0.25) is 4.79 Å². The summed E-state index contributed by atoms with van der Waals surface area (Å²) in [6.45, 7) is 2.83. The molecule has 0 aliphatic carbocycles. The minimum Gasteiger partial charge on any atom is -0.351 e. The predicted molar refractivity (Wildman–Crippen MR) is 90.3 cm³/mol. The van der Waals surface area contributed by atoms with Crippen molar-refractivity contribution in [2.45, 2.75) is 19.4 Å². The summed E-state index contributed by atoms with van der Waals surface area (Å²) < 4.78 is 1.64. The number of rotatable bonds is 3. The van der Waals surface area contributed by atoms with Crippen LogP contribution in [0.1, 0.15) is 22.6 Å². The average molecular weight is 348 g/mol. The number of aromatic nitrogens is 2. The van der Waals surface area contributed by atoms with E-state index >= 15 is 0 Å². The van der Waals surface area contributed by atoms with Crippen molar-refractivity contribution in [1.29, 1.82) is 0 Å². The number of carbonyl (C=O) groups is 2. The summed E-state index contributed by atoms with van der Waals surface area (Å²) in [7, 11) is 0. The van der Waals surface area contributed by atoms with Gasteiger partial charge in [-0.05, 0) is 31.5 Å². The van der Waals surface area contributed by atoms with Gasteiger partial charge in [0.25, 0.3) is 5.91 Å². The second-order valence-corrected chi connectivity index (χ2v) is 6.18. The van der Waals surface area contributed by atoms with Crippen LogP contribution in [-0.2, 0) is 0 Å². The van der Waals surface area contributed by atoms with Crippen LogP contribution in [0.4, 0.5) is 4.79 Å². The molecule has 3 amide bonds. The Hall–Kier alpha value is -2.54. The second-order valence-electron chi connectivity index (χ2n) is 5.78. The minimum atomic E-state index is -0.467. The molecule has 0 saturated carbocycles. The van der Waals surface area contributed by atoms with Gasteiger partial charge in [0.05, 0.1) is 10.7 Å². The lowest BCUT2D eigenvalue weighted by Gasteiger charge is -2.13. The molecule has 0 unspecified atom stereocenters. The molecular weight excluding hydrogens is 330 g/mol. The number of nitrogens with two attached hydrogens (primary N) is 1. The highest BCUT2D eigenvalue weighted by Gasteiger charge is 2.27. The van der Waals surface area contributed by atoms with Crippen LogP contribution in [0.2, 0.25) is 5.02 Å². The number of para-hydroxylation sites is 1. The van der Waals surface area contributed by atoms with Crippen molar-refractivity contribution < 1.29 is 9.59 Å². The molecule has 2 heterocycles. The number of nitrogens with zero attached hydrogens (tertiary/aromatic N) is 3. The maximum absolute atomic E-state index is 12.4. The number of likely N-dealkylation sites (tertiary alicyclic amines) is 1. The van der Waals surface area contributed by atoms with E-state index in [1.54, 1.807) is 16.8 Å². The highest BCUT2D eigenvalue weighted by atomic mass is 35.5. The summed E-state index contributed by atoms with van der Waals surface area (Å²) in [4.78, 5) is 25.1. The summed E-state index contributed by atoms with van der Waals surface area (Å²) in [5.74, 6) is -0.278. The van der Waals surface area contributed by atoms with Crippen LogP contribution < -0.4 is 11.1 Å². The summed E-state index contributed by atoms with van der Waals surface area (Å²) >= 11 is 6.19. The number of nitrogens with one attached hydrogen (secondary N) is 1. The lowest BCUT2D eigenvalue weighted by molar-refractivity contribution is 0.0932. The lowest BCUT2D eigenvalue weighted by Crippen LogP contribution is -2.40. The monoisotopic (exact) mass is 347 g/mol. The minimum absolute atomic E-state index is 0.115. The Labute approximate surface area is 144 Å². The number of primary amides is 1. The van der Waals surface area contributed by atoms with Crippen LogP contribution in [-0.4, -0.2) is 45.8 Å². The van der Waals surface area contributed by atoms with E-state index in [4.69, 9.17) is 17.3 Å². The van der Waals surface area contributed by atoms with E-state index in [2.05, 4.69) is 10.4 Å². The standard InChI is InChI=1S/C16H18ClN5O2/c1-10-8-13(20-22(10)14-5-3-2-4-12(14)17)15(23)19-11-6-7-21(9-11)16(18)24/h2-5,8,11H,6-7,9H2,1H3,(H2,18,24)(H,19,23)/t11-/m1/s1. The molecule has 7 nitrogen and oxygen atoms in total. The van der Waals surface area contributed by atoms with E-state index in [0.717, 1.165) is 11.4 Å². The Kier molecular flexibility index (Phi) is 4.44. The molecular formula is C16H18ClN5O2. The molecule has 3 N–H and O–H groups in total. The van der Waals surface area contributed by atoms with Gasteiger partial charge in [-0.15, -0.1) is 0 Å². The number of hydrogen-bond acceptors (Lipinski definition) is 3. The highest BCUT2D eigenvalue weighted by Crippen LogP contribution is 2.21. The van der Waals surface area contributed by atoms with Gasteiger partial charge in [0.15, 0.2) is 5.69 Å². The first-order valence-corrected chi connectivity index (χ1v) is 8.00. The molecule has 126 valence electrons. The largest absolute Gasteiger partial charge is 0.351 e. The lowest BCUT2D eigenvalue weighted by atomic mass is 10.2. The summed E-state index contributed by atoms with van der Waals surface area (Å²) in [5, 5.41) is 7.80. The number of carbonyl (C=O) groups excluding carboxylic acids is 2. The number of hydrogen-bond donors (Lipinski definition) is 2. The Bertz CT molecular complexity index is 789. The second kappa shape index (κ2) is 6.52. The number of amides is 3. The van der Waals surface area contributed by atoms with Gasteiger partial charge in [0, 0.05) is 24.8 Å². The number of aryl methyl sites for hydroxylation is 1. The predicted octanol–water partition coefficient (Wildman–Crippen LogP) is 1.72. The third kappa shape index (κ3) is 3.21. The Balaban J connectivity index is 1.74. The third-order valence-electron chi connectivity index (χ3n) is 4.04.